The molecule has 0 amide bonds. The van der Waals surface area contributed by atoms with Crippen molar-refractivity contribution in [2.24, 2.45) is 13.0 Å². The Morgan fingerprint density at radius 1 is 1.55 bits per heavy atom. The molecule has 0 spiro atoms. The lowest BCUT2D eigenvalue weighted by atomic mass is 10.1. The van der Waals surface area contributed by atoms with Crippen LogP contribution in [0.15, 0.2) is 12.3 Å². The van der Waals surface area contributed by atoms with Crippen molar-refractivity contribution in [1.29, 1.82) is 0 Å². The van der Waals surface area contributed by atoms with E-state index in [9.17, 15) is 4.79 Å². The topological polar surface area (TPSA) is 72.9 Å². The van der Waals surface area contributed by atoms with Gasteiger partial charge < -0.3 is 11.1 Å². The van der Waals surface area contributed by atoms with Crippen molar-refractivity contribution in [3.05, 3.63) is 28.4 Å². The Morgan fingerprint density at radius 2 is 2.25 bits per heavy atom. The maximum Gasteiger partial charge on any atom is 0.177 e. The molecule has 0 radical (unpaired) electrons. The molecule has 20 heavy (non-hydrogen) atoms. The van der Waals surface area contributed by atoms with Gasteiger partial charge in [0.15, 0.2) is 5.78 Å². The average molecular weight is 292 g/mol. The van der Waals surface area contributed by atoms with E-state index in [-0.39, 0.29) is 11.7 Å². The quantitative estimate of drug-likeness (QED) is 0.831. The number of hydrogen-bond donors (Lipinski definition) is 2. The summed E-state index contributed by atoms with van der Waals surface area (Å²) in [7, 11) is 1.92. The summed E-state index contributed by atoms with van der Waals surface area (Å²) in [5, 5.41) is 8.42. The Hall–Kier alpha value is -1.82. The molecule has 0 saturated heterocycles. The molecule has 108 valence electrons. The third kappa shape index (κ3) is 2.85. The first-order valence-corrected chi connectivity index (χ1v) is 7.36. The maximum atomic E-state index is 12.0. The van der Waals surface area contributed by atoms with Gasteiger partial charge in [0.1, 0.15) is 0 Å². The molecular weight excluding hydrogens is 272 g/mol. The lowest BCUT2D eigenvalue weighted by Gasteiger charge is -2.03. The number of carbonyl (C=O) groups is 1. The molecule has 0 aliphatic rings. The van der Waals surface area contributed by atoms with Gasteiger partial charge in [-0.15, -0.1) is 11.3 Å². The third-order valence-electron chi connectivity index (χ3n) is 3.30. The first kappa shape index (κ1) is 14.6. The van der Waals surface area contributed by atoms with E-state index in [0.29, 0.717) is 17.1 Å². The van der Waals surface area contributed by atoms with Crippen molar-refractivity contribution >= 4 is 27.8 Å². The Bertz CT molecular complexity index is 627. The standard InChI is InChI=1S/C14H20N4OS/c1-8(2)13(19)14-11(15)5-12(20-14)16-6-10-7-17-18(4)9(10)3/h5,7-8,16H,6,15H2,1-4H3. The van der Waals surface area contributed by atoms with Gasteiger partial charge in [0.2, 0.25) is 0 Å². The average Bonchev–Trinajstić information content (AvgIpc) is 2.91. The number of nitrogen functional groups attached to an aromatic ring is 1. The van der Waals surface area contributed by atoms with E-state index >= 15 is 0 Å². The SMILES string of the molecule is Cc1c(CNc2cc(N)c(C(=O)C(C)C)s2)cnn1C. The largest absolute Gasteiger partial charge is 0.397 e. The van der Waals surface area contributed by atoms with Crippen molar-refractivity contribution in [1.82, 2.24) is 9.78 Å². The zero-order valence-electron chi connectivity index (χ0n) is 12.2. The van der Waals surface area contributed by atoms with Crippen LogP contribution < -0.4 is 11.1 Å². The summed E-state index contributed by atoms with van der Waals surface area (Å²) in [4.78, 5) is 12.6. The number of Topliss-reactive ketones (excluding diaryl/α,β-unsaturated/α-hetero) is 1. The van der Waals surface area contributed by atoms with Crippen LogP contribution in [0.4, 0.5) is 10.7 Å². The summed E-state index contributed by atoms with van der Waals surface area (Å²) >= 11 is 1.41. The molecule has 0 unspecified atom stereocenters. The molecule has 0 fully saturated rings. The number of nitrogens with zero attached hydrogens (tertiary/aromatic N) is 2. The van der Waals surface area contributed by atoms with Gasteiger partial charge in [0.05, 0.1) is 21.8 Å². The van der Waals surface area contributed by atoms with Crippen LogP contribution in [0.1, 0.15) is 34.8 Å². The number of aromatic nitrogens is 2. The van der Waals surface area contributed by atoms with Crippen LogP contribution in [0.2, 0.25) is 0 Å². The first-order valence-electron chi connectivity index (χ1n) is 6.55. The molecule has 0 atom stereocenters. The second-order valence-corrected chi connectivity index (χ2v) is 6.20. The van der Waals surface area contributed by atoms with E-state index in [1.54, 1.807) is 0 Å². The summed E-state index contributed by atoms with van der Waals surface area (Å²) in [6.45, 7) is 6.47. The smallest absolute Gasteiger partial charge is 0.177 e. The summed E-state index contributed by atoms with van der Waals surface area (Å²) in [6.07, 6.45) is 1.85. The molecular formula is C14H20N4OS. The molecule has 3 N–H and O–H groups in total. The zero-order chi connectivity index (χ0) is 14.9. The van der Waals surface area contributed by atoms with Gasteiger partial charge in [-0.1, -0.05) is 13.8 Å². The Labute approximate surface area is 122 Å². The van der Waals surface area contributed by atoms with Crippen molar-refractivity contribution in [2.75, 3.05) is 11.1 Å². The minimum atomic E-state index is -0.0376. The van der Waals surface area contributed by atoms with E-state index in [1.165, 1.54) is 11.3 Å². The van der Waals surface area contributed by atoms with E-state index in [0.717, 1.165) is 16.3 Å². The van der Waals surface area contributed by atoms with E-state index in [4.69, 9.17) is 5.73 Å². The van der Waals surface area contributed by atoms with E-state index < -0.39 is 0 Å². The normalized spacial score (nSPS) is 11.1. The number of aryl methyl sites for hydroxylation is 1. The second kappa shape index (κ2) is 5.66. The lowest BCUT2D eigenvalue weighted by molar-refractivity contribution is 0.0944. The Morgan fingerprint density at radius 3 is 2.80 bits per heavy atom. The Kier molecular flexibility index (Phi) is 4.13. The fourth-order valence-corrected chi connectivity index (χ4v) is 2.91. The molecule has 2 aromatic rings. The van der Waals surface area contributed by atoms with Crippen molar-refractivity contribution in [3.63, 3.8) is 0 Å². The Balaban J connectivity index is 2.10. The number of carbonyl (C=O) groups excluding carboxylic acids is 1. The van der Waals surface area contributed by atoms with Gasteiger partial charge in [0.25, 0.3) is 0 Å². The predicted octanol–water partition coefficient (Wildman–Crippen LogP) is 2.82. The molecule has 0 aliphatic heterocycles. The number of nitrogens with one attached hydrogen (secondary N) is 1. The molecule has 6 heteroatoms. The summed E-state index contributed by atoms with van der Waals surface area (Å²) in [6, 6.07) is 1.83. The number of thiophene rings is 1. The van der Waals surface area contributed by atoms with E-state index in [1.807, 2.05) is 44.8 Å². The van der Waals surface area contributed by atoms with Crippen molar-refractivity contribution < 1.29 is 4.79 Å². The fourth-order valence-electron chi connectivity index (χ4n) is 1.85. The van der Waals surface area contributed by atoms with Gasteiger partial charge in [-0.3, -0.25) is 9.48 Å². The highest BCUT2D eigenvalue weighted by atomic mass is 32.1. The van der Waals surface area contributed by atoms with Crippen LogP contribution in [0.3, 0.4) is 0 Å². The highest BCUT2D eigenvalue weighted by Gasteiger charge is 2.17. The lowest BCUT2D eigenvalue weighted by Crippen LogP contribution is -2.07. The maximum absolute atomic E-state index is 12.0. The van der Waals surface area contributed by atoms with Gasteiger partial charge in [-0.05, 0) is 13.0 Å². The summed E-state index contributed by atoms with van der Waals surface area (Å²) in [5.74, 6) is 0.0578. The summed E-state index contributed by atoms with van der Waals surface area (Å²) in [5.41, 5.74) is 8.73. The number of rotatable bonds is 5. The molecule has 0 saturated carbocycles. The van der Waals surface area contributed by atoms with Crippen LogP contribution in [0, 0.1) is 12.8 Å². The van der Waals surface area contributed by atoms with Crippen LogP contribution in [0.5, 0.6) is 0 Å². The minimum Gasteiger partial charge on any atom is -0.397 e. The van der Waals surface area contributed by atoms with Crippen molar-refractivity contribution in [2.45, 2.75) is 27.3 Å². The van der Waals surface area contributed by atoms with Gasteiger partial charge in [-0.25, -0.2) is 0 Å². The predicted molar refractivity (Wildman–Crippen MR) is 83.2 cm³/mol. The van der Waals surface area contributed by atoms with Crippen LogP contribution in [-0.4, -0.2) is 15.6 Å². The molecule has 0 bridgehead atoms. The van der Waals surface area contributed by atoms with Gasteiger partial charge in [-0.2, -0.15) is 5.10 Å². The van der Waals surface area contributed by atoms with E-state index in [2.05, 4.69) is 10.4 Å². The number of hydrogen-bond acceptors (Lipinski definition) is 5. The van der Waals surface area contributed by atoms with Crippen LogP contribution >= 0.6 is 11.3 Å². The number of anilines is 2. The van der Waals surface area contributed by atoms with Crippen LogP contribution in [-0.2, 0) is 13.6 Å². The molecule has 5 nitrogen and oxygen atoms in total. The minimum absolute atomic E-state index is 0.0376. The highest BCUT2D eigenvalue weighted by Crippen LogP contribution is 2.31. The number of ketones is 1. The zero-order valence-corrected chi connectivity index (χ0v) is 13.0. The molecule has 0 aromatic carbocycles. The van der Waals surface area contributed by atoms with Crippen LogP contribution in [0.25, 0.3) is 0 Å². The monoisotopic (exact) mass is 292 g/mol. The summed E-state index contributed by atoms with van der Waals surface area (Å²) < 4.78 is 1.84. The molecule has 2 aromatic heterocycles. The second-order valence-electron chi connectivity index (χ2n) is 5.15. The third-order valence-corrected chi connectivity index (χ3v) is 4.42. The van der Waals surface area contributed by atoms with Gasteiger partial charge >= 0.3 is 0 Å². The number of nitrogens with two attached hydrogens (primary N) is 1. The molecule has 0 aliphatic carbocycles. The molecule has 2 heterocycles. The van der Waals surface area contributed by atoms with Crippen molar-refractivity contribution in [3.8, 4) is 0 Å². The fraction of sp³-hybridized carbons (Fsp3) is 0.429. The molecule has 2 rings (SSSR count). The first-order chi connectivity index (χ1) is 9.40. The van der Waals surface area contributed by atoms with Gasteiger partial charge in [0, 0.05) is 30.8 Å². The highest BCUT2D eigenvalue weighted by molar-refractivity contribution is 7.18.